The van der Waals surface area contributed by atoms with Crippen LogP contribution in [0.1, 0.15) is 24.4 Å². The molecule has 2 aromatic heterocycles. The third-order valence-electron chi connectivity index (χ3n) is 2.75. The van der Waals surface area contributed by atoms with E-state index in [4.69, 9.17) is 5.73 Å². The molecule has 2 heterocycles. The number of anilines is 1. The number of nitrogen functional groups attached to an aromatic ring is 1. The molecule has 1 amide bonds. The lowest BCUT2D eigenvalue weighted by molar-refractivity contribution is -0.132. The van der Waals surface area contributed by atoms with Crippen molar-refractivity contribution in [2.45, 2.75) is 32.9 Å². The van der Waals surface area contributed by atoms with Gasteiger partial charge in [-0.2, -0.15) is 0 Å². The van der Waals surface area contributed by atoms with Crippen molar-refractivity contribution in [3.8, 4) is 0 Å². The Labute approximate surface area is 120 Å². The van der Waals surface area contributed by atoms with Crippen LogP contribution < -0.4 is 5.73 Å². The van der Waals surface area contributed by atoms with E-state index in [0.29, 0.717) is 18.1 Å². The summed E-state index contributed by atoms with van der Waals surface area (Å²) >= 11 is 3.04. The maximum Gasteiger partial charge on any atom is 0.229 e. The van der Waals surface area contributed by atoms with Crippen LogP contribution in [0.4, 0.5) is 5.13 Å². The molecule has 2 N–H and O–H groups in total. The Bertz CT molecular complexity index is 534. The largest absolute Gasteiger partial charge is 0.375 e. The lowest BCUT2D eigenvalue weighted by Gasteiger charge is -2.26. The third kappa shape index (κ3) is 3.78. The summed E-state index contributed by atoms with van der Waals surface area (Å²) in [7, 11) is 0. The maximum absolute atomic E-state index is 12.3. The molecule has 0 radical (unpaired) electrons. The zero-order valence-electron chi connectivity index (χ0n) is 11.0. The van der Waals surface area contributed by atoms with Gasteiger partial charge in [-0.05, 0) is 25.3 Å². The van der Waals surface area contributed by atoms with E-state index in [-0.39, 0.29) is 11.9 Å². The van der Waals surface area contributed by atoms with Gasteiger partial charge >= 0.3 is 0 Å². The second kappa shape index (κ2) is 6.16. The first kappa shape index (κ1) is 14.0. The smallest absolute Gasteiger partial charge is 0.229 e. The van der Waals surface area contributed by atoms with Gasteiger partial charge in [-0.15, -0.1) is 22.7 Å². The molecule has 0 aromatic carbocycles. The van der Waals surface area contributed by atoms with E-state index < -0.39 is 0 Å². The highest BCUT2D eigenvalue weighted by Crippen LogP contribution is 2.17. The molecule has 0 spiro atoms. The highest BCUT2D eigenvalue weighted by atomic mass is 32.1. The van der Waals surface area contributed by atoms with Crippen molar-refractivity contribution in [3.05, 3.63) is 33.5 Å². The average molecular weight is 295 g/mol. The first-order chi connectivity index (χ1) is 9.06. The summed E-state index contributed by atoms with van der Waals surface area (Å²) in [6.07, 6.45) is 0.317. The molecule has 0 saturated carbocycles. The number of hydrogen-bond acceptors (Lipinski definition) is 5. The second-order valence-corrected chi connectivity index (χ2v) is 6.47. The van der Waals surface area contributed by atoms with Crippen molar-refractivity contribution in [3.63, 3.8) is 0 Å². The number of nitrogens with two attached hydrogens (primary N) is 1. The Hall–Kier alpha value is -1.40. The lowest BCUT2D eigenvalue weighted by atomic mass is 10.2. The van der Waals surface area contributed by atoms with Crippen LogP contribution in [0, 0.1) is 0 Å². The summed E-state index contributed by atoms with van der Waals surface area (Å²) in [5.41, 5.74) is 6.34. The molecular formula is C13H17N3OS2. The van der Waals surface area contributed by atoms with Gasteiger partial charge in [0.2, 0.25) is 5.91 Å². The molecule has 4 nitrogen and oxygen atoms in total. The van der Waals surface area contributed by atoms with Crippen LogP contribution in [-0.4, -0.2) is 21.8 Å². The third-order valence-corrected chi connectivity index (χ3v) is 4.34. The molecule has 0 aliphatic rings. The highest BCUT2D eigenvalue weighted by molar-refractivity contribution is 7.13. The van der Waals surface area contributed by atoms with Gasteiger partial charge in [-0.3, -0.25) is 4.79 Å². The van der Waals surface area contributed by atoms with Gasteiger partial charge in [-0.25, -0.2) is 4.98 Å². The highest BCUT2D eigenvalue weighted by Gasteiger charge is 2.19. The predicted molar refractivity (Wildman–Crippen MR) is 80.2 cm³/mol. The van der Waals surface area contributed by atoms with E-state index in [2.05, 4.69) is 4.98 Å². The zero-order chi connectivity index (χ0) is 13.8. The molecule has 0 aliphatic carbocycles. The topological polar surface area (TPSA) is 59.2 Å². The maximum atomic E-state index is 12.3. The molecule has 2 rings (SSSR count). The molecule has 0 saturated heterocycles. The minimum atomic E-state index is 0.0914. The molecular weight excluding hydrogens is 278 g/mol. The van der Waals surface area contributed by atoms with Gasteiger partial charge in [0.25, 0.3) is 0 Å². The van der Waals surface area contributed by atoms with E-state index in [1.165, 1.54) is 16.2 Å². The Kier molecular flexibility index (Phi) is 4.55. The predicted octanol–water partition coefficient (Wildman–Crippen LogP) is 2.77. The minimum Gasteiger partial charge on any atom is -0.375 e. The van der Waals surface area contributed by atoms with Crippen LogP contribution in [0.15, 0.2) is 22.9 Å². The molecule has 0 bridgehead atoms. The fourth-order valence-corrected chi connectivity index (χ4v) is 3.05. The molecule has 2 aromatic rings. The number of rotatable bonds is 5. The van der Waals surface area contributed by atoms with Gasteiger partial charge in [0.05, 0.1) is 18.7 Å². The van der Waals surface area contributed by atoms with Gasteiger partial charge in [-0.1, -0.05) is 6.07 Å². The Morgan fingerprint density at radius 2 is 2.26 bits per heavy atom. The van der Waals surface area contributed by atoms with Crippen molar-refractivity contribution in [1.29, 1.82) is 0 Å². The summed E-state index contributed by atoms with van der Waals surface area (Å²) in [6.45, 7) is 4.72. The molecule has 0 unspecified atom stereocenters. The molecule has 0 fully saturated rings. The standard InChI is InChI=1S/C13H17N3OS2/c1-9(2)16(7-11-4-3-5-18-11)12(17)6-10-8-19-13(14)15-10/h3-5,8-9H,6-7H2,1-2H3,(H2,14,15). The van der Waals surface area contributed by atoms with Crippen molar-refractivity contribution >= 4 is 33.7 Å². The van der Waals surface area contributed by atoms with E-state index >= 15 is 0 Å². The minimum absolute atomic E-state index is 0.0914. The van der Waals surface area contributed by atoms with E-state index in [9.17, 15) is 4.79 Å². The molecule has 0 aliphatic heterocycles. The van der Waals surface area contributed by atoms with Crippen molar-refractivity contribution in [2.75, 3.05) is 5.73 Å². The average Bonchev–Trinajstić information content (AvgIpc) is 2.97. The van der Waals surface area contributed by atoms with E-state index in [0.717, 1.165) is 5.69 Å². The molecule has 6 heteroatoms. The summed E-state index contributed by atoms with van der Waals surface area (Å²) in [4.78, 5) is 19.6. The monoisotopic (exact) mass is 295 g/mol. The van der Waals surface area contributed by atoms with E-state index in [1.54, 1.807) is 11.3 Å². The van der Waals surface area contributed by atoms with Crippen LogP contribution in [0.25, 0.3) is 0 Å². The quantitative estimate of drug-likeness (QED) is 0.922. The Morgan fingerprint density at radius 3 is 2.79 bits per heavy atom. The fourth-order valence-electron chi connectivity index (χ4n) is 1.79. The second-order valence-electron chi connectivity index (χ2n) is 4.55. The summed E-state index contributed by atoms with van der Waals surface area (Å²) in [5, 5.41) is 4.38. The molecule has 19 heavy (non-hydrogen) atoms. The first-order valence-corrected chi connectivity index (χ1v) is 7.84. The number of aromatic nitrogens is 1. The molecule has 0 atom stereocenters. The van der Waals surface area contributed by atoms with Crippen molar-refractivity contribution < 1.29 is 4.79 Å². The number of nitrogens with zero attached hydrogens (tertiary/aromatic N) is 2. The van der Waals surface area contributed by atoms with Crippen LogP contribution >= 0.6 is 22.7 Å². The number of carbonyl (C=O) groups is 1. The zero-order valence-corrected chi connectivity index (χ0v) is 12.6. The normalized spacial score (nSPS) is 10.9. The fraction of sp³-hybridized carbons (Fsp3) is 0.385. The van der Waals surface area contributed by atoms with Gasteiger partial charge < -0.3 is 10.6 Å². The van der Waals surface area contributed by atoms with Crippen molar-refractivity contribution in [2.24, 2.45) is 0 Å². The Balaban J connectivity index is 2.04. The van der Waals surface area contributed by atoms with Gasteiger partial charge in [0.1, 0.15) is 0 Å². The first-order valence-electron chi connectivity index (χ1n) is 6.08. The van der Waals surface area contributed by atoms with E-state index in [1.807, 2.05) is 41.6 Å². The Morgan fingerprint density at radius 1 is 1.47 bits per heavy atom. The van der Waals surface area contributed by atoms with Crippen LogP contribution in [0.3, 0.4) is 0 Å². The van der Waals surface area contributed by atoms with Gasteiger partial charge in [0.15, 0.2) is 5.13 Å². The molecule has 102 valence electrons. The number of amides is 1. The summed E-state index contributed by atoms with van der Waals surface area (Å²) < 4.78 is 0. The lowest BCUT2D eigenvalue weighted by Crippen LogP contribution is -2.37. The summed E-state index contributed by atoms with van der Waals surface area (Å²) in [5.74, 6) is 0.0914. The number of thiazole rings is 1. The van der Waals surface area contributed by atoms with Crippen LogP contribution in [0.2, 0.25) is 0 Å². The number of carbonyl (C=O) groups excluding carboxylic acids is 1. The van der Waals surface area contributed by atoms with Crippen LogP contribution in [-0.2, 0) is 17.8 Å². The van der Waals surface area contributed by atoms with Gasteiger partial charge in [0, 0.05) is 16.3 Å². The van der Waals surface area contributed by atoms with Crippen LogP contribution in [0.5, 0.6) is 0 Å². The SMILES string of the molecule is CC(C)N(Cc1cccs1)C(=O)Cc1csc(N)n1. The summed E-state index contributed by atoms with van der Waals surface area (Å²) in [6, 6.07) is 4.23. The van der Waals surface area contributed by atoms with Crippen molar-refractivity contribution in [1.82, 2.24) is 9.88 Å². The number of thiophene rings is 1. The number of hydrogen-bond donors (Lipinski definition) is 1.